The molecule has 6 aromatic carbocycles. The number of fused-ring (bicyclic) bond motifs is 8. The van der Waals surface area contributed by atoms with Gasteiger partial charge in [0.25, 0.3) is 6.71 Å². The van der Waals surface area contributed by atoms with Crippen LogP contribution in [0.3, 0.4) is 0 Å². The second-order valence-electron chi connectivity index (χ2n) is 25.7. The fourth-order valence-corrected chi connectivity index (χ4v) is 13.7. The largest absolute Gasteiger partial charge is 0.311 e. The van der Waals surface area contributed by atoms with Crippen molar-refractivity contribution in [3.05, 3.63) is 148 Å². The minimum atomic E-state index is -0.114. The van der Waals surface area contributed by atoms with Crippen molar-refractivity contribution in [3.63, 3.8) is 0 Å². The number of rotatable bonds is 3. The number of anilines is 6. The van der Waals surface area contributed by atoms with Gasteiger partial charge in [0.05, 0.1) is 11.4 Å². The monoisotopic (exact) mass is 899 g/mol. The zero-order valence-electron chi connectivity index (χ0n) is 43.1. The van der Waals surface area contributed by atoms with E-state index in [9.17, 15) is 0 Å². The normalized spacial score (nSPS) is 18.5. The van der Waals surface area contributed by atoms with Gasteiger partial charge < -0.3 is 9.80 Å². The van der Waals surface area contributed by atoms with Gasteiger partial charge in [-0.05, 0) is 175 Å². The average Bonchev–Trinajstić information content (AvgIpc) is 3.64. The van der Waals surface area contributed by atoms with Gasteiger partial charge in [0, 0.05) is 43.2 Å². The van der Waals surface area contributed by atoms with Crippen LogP contribution in [-0.4, -0.2) is 6.71 Å². The van der Waals surface area contributed by atoms with Crippen LogP contribution in [0.5, 0.6) is 0 Å². The van der Waals surface area contributed by atoms with Gasteiger partial charge in [-0.15, -0.1) is 11.3 Å². The lowest BCUT2D eigenvalue weighted by atomic mass is 9.36. The van der Waals surface area contributed by atoms with Crippen LogP contribution >= 0.6 is 11.3 Å². The van der Waals surface area contributed by atoms with Crippen LogP contribution in [0.2, 0.25) is 0 Å². The van der Waals surface area contributed by atoms with Gasteiger partial charge in [0.15, 0.2) is 0 Å². The number of aryl methyl sites for hydroxylation is 1. The zero-order chi connectivity index (χ0) is 47.5. The third kappa shape index (κ3) is 6.84. The zero-order valence-corrected chi connectivity index (χ0v) is 43.9. The van der Waals surface area contributed by atoms with Gasteiger partial charge in [-0.25, -0.2) is 0 Å². The lowest BCUT2D eigenvalue weighted by Crippen LogP contribution is -2.60. The molecule has 3 heterocycles. The molecule has 4 heteroatoms. The second kappa shape index (κ2) is 14.5. The Morgan fingerprint density at radius 1 is 0.507 bits per heavy atom. The van der Waals surface area contributed by atoms with Crippen LogP contribution in [0.4, 0.5) is 34.1 Å². The van der Waals surface area contributed by atoms with Crippen molar-refractivity contribution in [2.24, 2.45) is 0 Å². The first-order valence-electron chi connectivity index (χ1n) is 25.2. The topological polar surface area (TPSA) is 6.48 Å². The first-order chi connectivity index (χ1) is 31.4. The molecule has 0 spiro atoms. The summed E-state index contributed by atoms with van der Waals surface area (Å²) in [4.78, 5) is 5.42. The first kappa shape index (κ1) is 44.5. The molecule has 2 aliphatic heterocycles. The van der Waals surface area contributed by atoms with Crippen molar-refractivity contribution < 1.29 is 0 Å². The Kier molecular flexibility index (Phi) is 9.61. The van der Waals surface area contributed by atoms with E-state index in [1.54, 1.807) is 0 Å². The smallest absolute Gasteiger partial charge is 0.264 e. The molecule has 11 rings (SSSR count). The predicted molar refractivity (Wildman–Crippen MR) is 294 cm³/mol. The number of hydrogen-bond acceptors (Lipinski definition) is 3. The van der Waals surface area contributed by atoms with E-state index in [0.717, 1.165) is 0 Å². The Morgan fingerprint density at radius 3 is 1.72 bits per heavy atom. The van der Waals surface area contributed by atoms with Crippen LogP contribution < -0.4 is 25.5 Å². The summed E-state index contributed by atoms with van der Waals surface area (Å²) in [5.74, 6) is 0. The van der Waals surface area contributed by atoms with E-state index in [1.807, 2.05) is 0 Å². The fourth-order valence-electron chi connectivity index (χ4n) is 12.4. The summed E-state index contributed by atoms with van der Waals surface area (Å²) in [6.07, 6.45) is 4.78. The van der Waals surface area contributed by atoms with Gasteiger partial charge in [0.2, 0.25) is 0 Å². The maximum atomic E-state index is 2.75. The standard InChI is InChI=1S/C63H71BN2S/c1-38-21-25-49-51(31-38)66(50-26-22-40(58(2,3)4)32-43(50)39-19-17-16-18-20-39)53-34-41(59(5,6)7)33-52-55(53)64(49)57-56(44-36-47-48(37-54(44)67-57)63(14,15)30-29-62(47,12)13)65(52)42-23-24-45-46(35-42)61(10,11)28-27-60(45,8)9/h16-26,31-37H,27-30H2,1-15H3. The van der Waals surface area contributed by atoms with Gasteiger partial charge in [0.1, 0.15) is 0 Å². The highest BCUT2D eigenvalue weighted by Crippen LogP contribution is 2.55. The minimum Gasteiger partial charge on any atom is -0.311 e. The third-order valence-corrected chi connectivity index (χ3v) is 18.1. The summed E-state index contributed by atoms with van der Waals surface area (Å²) in [5, 5.41) is 1.40. The molecule has 0 saturated carbocycles. The molecule has 0 amide bonds. The van der Waals surface area contributed by atoms with Crippen molar-refractivity contribution in [2.75, 3.05) is 9.80 Å². The molecular weight excluding hydrogens is 828 g/mol. The number of thiophene rings is 1. The van der Waals surface area contributed by atoms with Crippen LogP contribution in [0, 0.1) is 6.92 Å². The average molecular weight is 899 g/mol. The molecule has 342 valence electrons. The molecule has 4 aliphatic rings. The van der Waals surface area contributed by atoms with Crippen molar-refractivity contribution in [3.8, 4) is 11.1 Å². The Bertz CT molecular complexity index is 3180. The molecule has 7 aromatic rings. The highest BCUT2D eigenvalue weighted by atomic mass is 32.1. The summed E-state index contributed by atoms with van der Waals surface area (Å²) in [6, 6.07) is 43.8. The Labute approximate surface area is 406 Å². The quantitative estimate of drug-likeness (QED) is 0.163. The second-order valence-corrected chi connectivity index (χ2v) is 26.8. The number of benzene rings is 6. The van der Waals surface area contributed by atoms with Gasteiger partial charge in [-0.2, -0.15) is 0 Å². The summed E-state index contributed by atoms with van der Waals surface area (Å²) in [6.45, 7) is 36.3. The summed E-state index contributed by atoms with van der Waals surface area (Å²) in [5.41, 5.74) is 23.4. The molecule has 0 bridgehead atoms. The van der Waals surface area contributed by atoms with Gasteiger partial charge in [-0.1, -0.05) is 152 Å². The summed E-state index contributed by atoms with van der Waals surface area (Å²) < 4.78 is 2.86. The summed E-state index contributed by atoms with van der Waals surface area (Å²) >= 11 is 2.06. The van der Waals surface area contributed by atoms with E-state index >= 15 is 0 Å². The van der Waals surface area contributed by atoms with E-state index in [0.29, 0.717) is 0 Å². The van der Waals surface area contributed by atoms with Crippen molar-refractivity contribution in [2.45, 2.75) is 162 Å². The van der Waals surface area contributed by atoms with E-state index in [1.165, 1.54) is 136 Å². The maximum Gasteiger partial charge on any atom is 0.264 e. The molecule has 67 heavy (non-hydrogen) atoms. The van der Waals surface area contributed by atoms with Crippen molar-refractivity contribution in [1.82, 2.24) is 0 Å². The molecule has 2 aliphatic carbocycles. The first-order valence-corrected chi connectivity index (χ1v) is 26.0. The van der Waals surface area contributed by atoms with E-state index in [-0.39, 0.29) is 39.2 Å². The lowest BCUT2D eigenvalue weighted by Gasteiger charge is -2.46. The number of nitrogens with zero attached hydrogens (tertiary/aromatic N) is 2. The molecular formula is C63H71BN2S. The Hall–Kier alpha value is -5.06. The van der Waals surface area contributed by atoms with E-state index < -0.39 is 0 Å². The highest BCUT2D eigenvalue weighted by Gasteiger charge is 2.48. The molecule has 1 aromatic heterocycles. The molecule has 0 unspecified atom stereocenters. The maximum absolute atomic E-state index is 2.75. The molecule has 0 N–H and O–H groups in total. The SMILES string of the molecule is Cc1ccc2c(c1)N(c1ccc(C(C)(C)C)cc1-c1ccccc1)c1cc(C(C)(C)C)cc3c1B2c1sc2cc4c(cc2c1N3c1ccc2c(c1)C(C)(C)CCC2(C)C)C(C)(C)CCC4(C)C. The molecule has 0 atom stereocenters. The van der Waals surface area contributed by atoms with E-state index in [2.05, 4.69) is 234 Å². The van der Waals surface area contributed by atoms with Crippen molar-refractivity contribution in [1.29, 1.82) is 0 Å². The van der Waals surface area contributed by atoms with Gasteiger partial charge >= 0.3 is 0 Å². The highest BCUT2D eigenvalue weighted by molar-refractivity contribution is 7.33. The van der Waals surface area contributed by atoms with Crippen LogP contribution in [0.25, 0.3) is 21.2 Å². The Balaban J connectivity index is 1.29. The fraction of sp³-hybridized carbons (Fsp3) is 0.397. The van der Waals surface area contributed by atoms with E-state index in [4.69, 9.17) is 0 Å². The predicted octanol–water partition coefficient (Wildman–Crippen LogP) is 16.3. The number of hydrogen-bond donors (Lipinski definition) is 0. The van der Waals surface area contributed by atoms with Crippen molar-refractivity contribution >= 4 is 78.0 Å². The molecule has 0 radical (unpaired) electrons. The summed E-state index contributed by atoms with van der Waals surface area (Å²) in [7, 11) is 0. The third-order valence-electron chi connectivity index (χ3n) is 16.9. The van der Waals surface area contributed by atoms with Gasteiger partial charge in [-0.3, -0.25) is 0 Å². The lowest BCUT2D eigenvalue weighted by molar-refractivity contribution is 0.332. The molecule has 0 saturated heterocycles. The van der Waals surface area contributed by atoms with Crippen LogP contribution in [-0.2, 0) is 32.5 Å². The Morgan fingerprint density at radius 2 is 1.09 bits per heavy atom. The van der Waals surface area contributed by atoms with Crippen LogP contribution in [0.1, 0.15) is 162 Å². The molecule has 2 nitrogen and oxygen atoms in total. The minimum absolute atomic E-state index is 0.00472. The van der Waals surface area contributed by atoms with Crippen LogP contribution in [0.15, 0.2) is 109 Å². The molecule has 0 fully saturated rings.